The van der Waals surface area contributed by atoms with Crippen LogP contribution in [0.5, 0.6) is 5.75 Å². The van der Waals surface area contributed by atoms with Crippen LogP contribution >= 0.6 is 15.9 Å². The van der Waals surface area contributed by atoms with Gasteiger partial charge in [-0.1, -0.05) is 15.9 Å². The molecule has 4 nitrogen and oxygen atoms in total. The fourth-order valence-electron chi connectivity index (χ4n) is 1.90. The van der Waals surface area contributed by atoms with Crippen LogP contribution in [0.1, 0.15) is 0 Å². The zero-order chi connectivity index (χ0) is 13.4. The Kier molecular flexibility index (Phi) is 2.91. The average Bonchev–Trinajstić information content (AvgIpc) is 2.81. The molecular weight excluding hydrogens is 308 g/mol. The van der Waals surface area contributed by atoms with Gasteiger partial charge in [0.05, 0.1) is 12.7 Å². The number of nitrogens with two attached hydrogens (primary N) is 1. The van der Waals surface area contributed by atoms with Crippen molar-refractivity contribution in [3.8, 4) is 17.2 Å². The van der Waals surface area contributed by atoms with E-state index in [4.69, 9.17) is 14.9 Å². The highest BCUT2D eigenvalue weighted by Gasteiger charge is 2.13. The Morgan fingerprint density at radius 2 is 2.05 bits per heavy atom. The summed E-state index contributed by atoms with van der Waals surface area (Å²) in [4.78, 5) is 4.44. The lowest BCUT2D eigenvalue weighted by atomic mass is 10.2. The molecule has 0 radical (unpaired) electrons. The molecule has 0 aliphatic rings. The molecular formula is C14H11BrN2O2. The summed E-state index contributed by atoms with van der Waals surface area (Å²) in [5.74, 6) is 1.22. The first-order chi connectivity index (χ1) is 9.17. The van der Waals surface area contributed by atoms with Gasteiger partial charge >= 0.3 is 0 Å². The molecule has 0 fully saturated rings. The van der Waals surface area contributed by atoms with Crippen molar-refractivity contribution in [2.24, 2.45) is 0 Å². The highest BCUT2D eigenvalue weighted by Crippen LogP contribution is 2.34. The minimum Gasteiger partial charge on any atom is -0.496 e. The number of hydrogen-bond donors (Lipinski definition) is 1. The number of nitrogens with zero attached hydrogens (tertiary/aromatic N) is 1. The van der Waals surface area contributed by atoms with Crippen LogP contribution in [0, 0.1) is 0 Å². The molecule has 2 aromatic carbocycles. The smallest absolute Gasteiger partial charge is 0.231 e. The molecule has 0 aliphatic carbocycles. The SMILES string of the molecule is COc1cc(Br)ccc1-c1nc2cc(N)ccc2o1. The Bertz CT molecular complexity index is 752. The van der Waals surface area contributed by atoms with Gasteiger partial charge in [-0.2, -0.15) is 0 Å². The molecule has 0 bridgehead atoms. The van der Waals surface area contributed by atoms with Gasteiger partial charge in [0.25, 0.3) is 0 Å². The van der Waals surface area contributed by atoms with E-state index in [0.29, 0.717) is 22.9 Å². The van der Waals surface area contributed by atoms with Crippen molar-refractivity contribution < 1.29 is 9.15 Å². The first-order valence-electron chi connectivity index (χ1n) is 5.67. The molecule has 0 atom stereocenters. The van der Waals surface area contributed by atoms with Crippen LogP contribution < -0.4 is 10.5 Å². The second-order valence-corrected chi connectivity index (χ2v) is 5.01. The number of ether oxygens (including phenoxy) is 1. The van der Waals surface area contributed by atoms with Crippen molar-refractivity contribution in [3.05, 3.63) is 40.9 Å². The van der Waals surface area contributed by atoms with Gasteiger partial charge in [0.15, 0.2) is 5.58 Å². The van der Waals surface area contributed by atoms with Gasteiger partial charge in [-0.05, 0) is 36.4 Å². The third kappa shape index (κ3) is 2.17. The highest BCUT2D eigenvalue weighted by molar-refractivity contribution is 9.10. The topological polar surface area (TPSA) is 61.3 Å². The van der Waals surface area contributed by atoms with Crippen LogP contribution in [0.15, 0.2) is 45.3 Å². The Morgan fingerprint density at radius 1 is 1.21 bits per heavy atom. The third-order valence-electron chi connectivity index (χ3n) is 2.81. The van der Waals surface area contributed by atoms with Crippen molar-refractivity contribution in [1.82, 2.24) is 4.98 Å². The number of hydrogen-bond acceptors (Lipinski definition) is 4. The maximum Gasteiger partial charge on any atom is 0.231 e. The second-order valence-electron chi connectivity index (χ2n) is 4.09. The van der Waals surface area contributed by atoms with Crippen molar-refractivity contribution in [2.45, 2.75) is 0 Å². The van der Waals surface area contributed by atoms with Crippen LogP contribution in [-0.4, -0.2) is 12.1 Å². The first-order valence-corrected chi connectivity index (χ1v) is 6.46. The number of fused-ring (bicyclic) bond motifs is 1. The van der Waals surface area contributed by atoms with Crippen LogP contribution in [0.3, 0.4) is 0 Å². The van der Waals surface area contributed by atoms with Crippen molar-refractivity contribution in [3.63, 3.8) is 0 Å². The zero-order valence-corrected chi connectivity index (χ0v) is 11.8. The lowest BCUT2D eigenvalue weighted by molar-refractivity contribution is 0.414. The Hall–Kier alpha value is -2.01. The quantitative estimate of drug-likeness (QED) is 0.729. The van der Waals surface area contributed by atoms with E-state index in [1.807, 2.05) is 24.3 Å². The van der Waals surface area contributed by atoms with E-state index >= 15 is 0 Å². The average molecular weight is 319 g/mol. The molecule has 3 aromatic rings. The number of methoxy groups -OCH3 is 1. The van der Waals surface area contributed by atoms with Crippen LogP contribution in [0.4, 0.5) is 5.69 Å². The maximum atomic E-state index is 5.74. The van der Waals surface area contributed by atoms with Gasteiger partial charge in [0.2, 0.25) is 5.89 Å². The van der Waals surface area contributed by atoms with E-state index < -0.39 is 0 Å². The predicted molar refractivity (Wildman–Crippen MR) is 78.1 cm³/mol. The standard InChI is InChI=1S/C14H11BrN2O2/c1-18-13-6-8(15)2-4-10(13)14-17-11-7-9(16)3-5-12(11)19-14/h2-7H,16H2,1H3. The maximum absolute atomic E-state index is 5.74. The molecule has 0 spiro atoms. The number of aromatic nitrogens is 1. The fourth-order valence-corrected chi connectivity index (χ4v) is 2.24. The summed E-state index contributed by atoms with van der Waals surface area (Å²) in [6, 6.07) is 11.1. The monoisotopic (exact) mass is 318 g/mol. The Balaban J connectivity index is 2.18. The van der Waals surface area contributed by atoms with Crippen LogP contribution in [-0.2, 0) is 0 Å². The molecule has 19 heavy (non-hydrogen) atoms. The van der Waals surface area contributed by atoms with Gasteiger partial charge in [0.1, 0.15) is 11.3 Å². The highest BCUT2D eigenvalue weighted by atomic mass is 79.9. The van der Waals surface area contributed by atoms with E-state index in [2.05, 4.69) is 20.9 Å². The molecule has 0 saturated carbocycles. The van der Waals surface area contributed by atoms with Gasteiger partial charge in [-0.25, -0.2) is 4.98 Å². The number of halogens is 1. The van der Waals surface area contributed by atoms with E-state index in [9.17, 15) is 0 Å². The number of nitrogen functional groups attached to an aromatic ring is 1. The minimum absolute atomic E-state index is 0.518. The van der Waals surface area contributed by atoms with E-state index in [1.165, 1.54) is 0 Å². The summed E-state index contributed by atoms with van der Waals surface area (Å²) in [5.41, 5.74) is 8.64. The van der Waals surface area contributed by atoms with E-state index in [-0.39, 0.29) is 0 Å². The van der Waals surface area contributed by atoms with Crippen LogP contribution in [0.2, 0.25) is 0 Å². The Morgan fingerprint density at radius 3 is 2.84 bits per heavy atom. The number of oxazole rings is 1. The molecule has 0 unspecified atom stereocenters. The lowest BCUT2D eigenvalue weighted by Crippen LogP contribution is -1.88. The summed E-state index contributed by atoms with van der Waals surface area (Å²) < 4.78 is 12.0. The molecule has 96 valence electrons. The predicted octanol–water partition coefficient (Wildman–Crippen LogP) is 3.85. The first kappa shape index (κ1) is 12.0. The minimum atomic E-state index is 0.518. The van der Waals surface area contributed by atoms with Crippen molar-refractivity contribution >= 4 is 32.7 Å². The molecule has 0 amide bonds. The zero-order valence-electron chi connectivity index (χ0n) is 10.2. The largest absolute Gasteiger partial charge is 0.496 e. The summed E-state index contributed by atoms with van der Waals surface area (Å²) in [6.07, 6.45) is 0. The van der Waals surface area contributed by atoms with Gasteiger partial charge in [-0.3, -0.25) is 0 Å². The van der Waals surface area contributed by atoms with Crippen molar-refractivity contribution in [2.75, 3.05) is 12.8 Å². The Labute approximate surface area is 118 Å². The van der Waals surface area contributed by atoms with Gasteiger partial charge in [-0.15, -0.1) is 0 Å². The molecule has 3 rings (SSSR count). The molecule has 2 N–H and O–H groups in total. The normalized spacial score (nSPS) is 10.8. The summed E-state index contributed by atoms with van der Waals surface area (Å²) in [7, 11) is 1.62. The number of anilines is 1. The summed E-state index contributed by atoms with van der Waals surface area (Å²) in [6.45, 7) is 0. The van der Waals surface area contributed by atoms with Crippen LogP contribution in [0.25, 0.3) is 22.6 Å². The lowest BCUT2D eigenvalue weighted by Gasteiger charge is -2.05. The van der Waals surface area contributed by atoms with Gasteiger partial charge < -0.3 is 14.9 Å². The number of rotatable bonds is 2. The molecule has 1 aromatic heterocycles. The van der Waals surface area contributed by atoms with E-state index in [0.717, 1.165) is 15.6 Å². The summed E-state index contributed by atoms with van der Waals surface area (Å²) in [5, 5.41) is 0. The fraction of sp³-hybridized carbons (Fsp3) is 0.0714. The van der Waals surface area contributed by atoms with E-state index in [1.54, 1.807) is 19.2 Å². The molecule has 1 heterocycles. The molecule has 5 heteroatoms. The molecule has 0 saturated heterocycles. The second kappa shape index (κ2) is 4.59. The van der Waals surface area contributed by atoms with Gasteiger partial charge in [0, 0.05) is 10.2 Å². The molecule has 0 aliphatic heterocycles. The number of benzene rings is 2. The third-order valence-corrected chi connectivity index (χ3v) is 3.30. The summed E-state index contributed by atoms with van der Waals surface area (Å²) >= 11 is 3.41. The van der Waals surface area contributed by atoms with Crippen molar-refractivity contribution in [1.29, 1.82) is 0 Å².